The van der Waals surface area contributed by atoms with Gasteiger partial charge < -0.3 is 15.4 Å². The molecule has 1 heterocycles. The zero-order chi connectivity index (χ0) is 18.6. The summed E-state index contributed by atoms with van der Waals surface area (Å²) >= 11 is 6.10. The number of carbonyl (C=O) groups excluding carboxylic acids is 1. The average Bonchev–Trinajstić information content (AvgIpc) is 2.57. The van der Waals surface area contributed by atoms with E-state index in [4.69, 9.17) is 16.3 Å². The smallest absolute Gasteiger partial charge is 0.274 e. The summed E-state index contributed by atoms with van der Waals surface area (Å²) in [7, 11) is 1.53. The molecule has 0 spiro atoms. The lowest BCUT2D eigenvalue weighted by molar-refractivity contribution is 0.102. The normalized spacial score (nSPS) is 11.8. The van der Waals surface area contributed by atoms with Crippen LogP contribution in [-0.2, 0) is 0 Å². The Labute approximate surface area is 153 Å². The standard InChI is InChI=1S/C18H23ClN4O2/c1-6-11(3)20-18-21-12(4)8-15(23-18)17(24)22-14-7-10(2)13(19)9-16(14)25-5/h7-9,11H,6H2,1-5H3,(H,22,24)(H,20,21,23). The molecule has 0 radical (unpaired) electrons. The van der Waals surface area contributed by atoms with Gasteiger partial charge in [0.1, 0.15) is 11.4 Å². The largest absolute Gasteiger partial charge is 0.495 e. The molecule has 134 valence electrons. The number of methoxy groups -OCH3 is 1. The first kappa shape index (κ1) is 19.0. The quantitative estimate of drug-likeness (QED) is 0.804. The van der Waals surface area contributed by atoms with Crippen LogP contribution in [-0.4, -0.2) is 29.0 Å². The van der Waals surface area contributed by atoms with Crippen molar-refractivity contribution in [3.05, 3.63) is 40.2 Å². The summed E-state index contributed by atoms with van der Waals surface area (Å²) in [5.41, 5.74) is 2.39. The van der Waals surface area contributed by atoms with E-state index in [9.17, 15) is 4.79 Å². The number of amides is 1. The van der Waals surface area contributed by atoms with E-state index in [1.54, 1.807) is 18.2 Å². The highest BCUT2D eigenvalue weighted by Gasteiger charge is 2.15. The van der Waals surface area contributed by atoms with Crippen LogP contribution in [0, 0.1) is 13.8 Å². The van der Waals surface area contributed by atoms with Crippen molar-refractivity contribution in [3.8, 4) is 5.75 Å². The van der Waals surface area contributed by atoms with Crippen LogP contribution >= 0.6 is 11.6 Å². The Hall–Kier alpha value is -2.34. The second-order valence-corrected chi connectivity index (χ2v) is 6.33. The van der Waals surface area contributed by atoms with E-state index >= 15 is 0 Å². The lowest BCUT2D eigenvalue weighted by Crippen LogP contribution is -2.20. The Morgan fingerprint density at radius 3 is 2.64 bits per heavy atom. The minimum absolute atomic E-state index is 0.219. The maximum absolute atomic E-state index is 12.6. The summed E-state index contributed by atoms with van der Waals surface area (Å²) < 4.78 is 5.29. The molecule has 6 nitrogen and oxygen atoms in total. The molecule has 0 aliphatic carbocycles. The number of nitrogens with one attached hydrogen (secondary N) is 2. The monoisotopic (exact) mass is 362 g/mol. The summed E-state index contributed by atoms with van der Waals surface area (Å²) in [6.07, 6.45) is 0.931. The lowest BCUT2D eigenvalue weighted by atomic mass is 10.2. The molecule has 1 aromatic heterocycles. The van der Waals surface area contributed by atoms with E-state index in [0.717, 1.165) is 12.0 Å². The van der Waals surface area contributed by atoms with Gasteiger partial charge in [-0.3, -0.25) is 4.79 Å². The summed E-state index contributed by atoms with van der Waals surface area (Å²) in [5, 5.41) is 6.59. The number of aromatic nitrogens is 2. The van der Waals surface area contributed by atoms with Crippen LogP contribution in [0.3, 0.4) is 0 Å². The minimum Gasteiger partial charge on any atom is -0.495 e. The van der Waals surface area contributed by atoms with Gasteiger partial charge in [-0.15, -0.1) is 0 Å². The first-order chi connectivity index (χ1) is 11.8. The molecule has 0 aliphatic heterocycles. The van der Waals surface area contributed by atoms with Crippen molar-refractivity contribution in [2.45, 2.75) is 40.2 Å². The number of aryl methyl sites for hydroxylation is 2. The maximum Gasteiger partial charge on any atom is 0.274 e. The molecule has 1 aromatic carbocycles. The number of benzene rings is 1. The van der Waals surface area contributed by atoms with Crippen molar-refractivity contribution in [1.29, 1.82) is 0 Å². The highest BCUT2D eigenvalue weighted by molar-refractivity contribution is 6.31. The van der Waals surface area contributed by atoms with E-state index in [2.05, 4.69) is 27.5 Å². The zero-order valence-electron chi connectivity index (χ0n) is 15.1. The molecule has 1 unspecified atom stereocenters. The first-order valence-corrected chi connectivity index (χ1v) is 8.49. The van der Waals surface area contributed by atoms with Crippen molar-refractivity contribution in [2.75, 3.05) is 17.7 Å². The van der Waals surface area contributed by atoms with Gasteiger partial charge in [0.05, 0.1) is 12.8 Å². The molecule has 25 heavy (non-hydrogen) atoms. The van der Waals surface area contributed by atoms with Crippen LogP contribution in [0.2, 0.25) is 5.02 Å². The number of hydrogen-bond donors (Lipinski definition) is 2. The van der Waals surface area contributed by atoms with Crippen LogP contribution in [0.15, 0.2) is 18.2 Å². The van der Waals surface area contributed by atoms with Gasteiger partial charge in [-0.1, -0.05) is 18.5 Å². The Bertz CT molecular complexity index is 780. The predicted molar refractivity (Wildman–Crippen MR) is 101 cm³/mol. The number of halogens is 1. The fraction of sp³-hybridized carbons (Fsp3) is 0.389. The summed E-state index contributed by atoms with van der Waals surface area (Å²) in [6, 6.07) is 5.31. The molecule has 0 bridgehead atoms. The molecule has 0 saturated heterocycles. The molecule has 2 aromatic rings. The second kappa shape index (κ2) is 8.16. The number of nitrogens with zero attached hydrogens (tertiary/aromatic N) is 2. The molecule has 0 fully saturated rings. The van der Waals surface area contributed by atoms with Gasteiger partial charge >= 0.3 is 0 Å². The molecule has 2 N–H and O–H groups in total. The lowest BCUT2D eigenvalue weighted by Gasteiger charge is -2.14. The van der Waals surface area contributed by atoms with Crippen LogP contribution in [0.1, 0.15) is 42.0 Å². The van der Waals surface area contributed by atoms with Crippen molar-refractivity contribution >= 4 is 29.1 Å². The third-order valence-corrected chi connectivity index (χ3v) is 4.21. The highest BCUT2D eigenvalue weighted by Crippen LogP contribution is 2.31. The third-order valence-electron chi connectivity index (χ3n) is 3.80. The maximum atomic E-state index is 12.6. The van der Waals surface area contributed by atoms with Gasteiger partial charge in [0.25, 0.3) is 5.91 Å². The van der Waals surface area contributed by atoms with E-state index in [1.807, 2.05) is 20.8 Å². The summed E-state index contributed by atoms with van der Waals surface area (Å²) in [6.45, 7) is 7.79. The van der Waals surface area contributed by atoms with E-state index in [-0.39, 0.29) is 17.6 Å². The second-order valence-electron chi connectivity index (χ2n) is 5.93. The fourth-order valence-electron chi connectivity index (χ4n) is 2.19. The number of ether oxygens (including phenoxy) is 1. The number of carbonyl (C=O) groups is 1. The van der Waals surface area contributed by atoms with Gasteiger partial charge in [-0.25, -0.2) is 9.97 Å². The van der Waals surface area contributed by atoms with E-state index in [0.29, 0.717) is 28.1 Å². The third kappa shape index (κ3) is 4.82. The van der Waals surface area contributed by atoms with Crippen LogP contribution in [0.4, 0.5) is 11.6 Å². The van der Waals surface area contributed by atoms with Crippen LogP contribution in [0.25, 0.3) is 0 Å². The summed E-state index contributed by atoms with van der Waals surface area (Å²) in [5.74, 6) is 0.601. The van der Waals surface area contributed by atoms with Crippen molar-refractivity contribution in [1.82, 2.24) is 9.97 Å². The van der Waals surface area contributed by atoms with Crippen LogP contribution < -0.4 is 15.4 Å². The highest BCUT2D eigenvalue weighted by atomic mass is 35.5. The molecular weight excluding hydrogens is 340 g/mol. The van der Waals surface area contributed by atoms with Crippen molar-refractivity contribution in [2.24, 2.45) is 0 Å². The minimum atomic E-state index is -0.335. The first-order valence-electron chi connectivity index (χ1n) is 8.11. The van der Waals surface area contributed by atoms with E-state index in [1.165, 1.54) is 7.11 Å². The SMILES string of the molecule is CCC(C)Nc1nc(C)cc(C(=O)Nc2cc(C)c(Cl)cc2OC)n1. The van der Waals surface area contributed by atoms with Crippen molar-refractivity contribution < 1.29 is 9.53 Å². The Balaban J connectivity index is 2.28. The van der Waals surface area contributed by atoms with Gasteiger partial charge in [-0.2, -0.15) is 0 Å². The number of rotatable bonds is 6. The van der Waals surface area contributed by atoms with Gasteiger partial charge in [-0.05, 0) is 44.9 Å². The van der Waals surface area contributed by atoms with Crippen LogP contribution in [0.5, 0.6) is 5.75 Å². The molecule has 2 rings (SSSR count). The van der Waals surface area contributed by atoms with Gasteiger partial charge in [0, 0.05) is 22.8 Å². The topological polar surface area (TPSA) is 76.1 Å². The van der Waals surface area contributed by atoms with Crippen molar-refractivity contribution in [3.63, 3.8) is 0 Å². The number of anilines is 2. The molecule has 1 atom stereocenters. The molecule has 0 saturated carbocycles. The number of hydrogen-bond acceptors (Lipinski definition) is 5. The average molecular weight is 363 g/mol. The molecular formula is C18H23ClN4O2. The summed E-state index contributed by atoms with van der Waals surface area (Å²) in [4.78, 5) is 21.3. The Morgan fingerprint density at radius 1 is 1.28 bits per heavy atom. The molecule has 1 amide bonds. The fourth-order valence-corrected chi connectivity index (χ4v) is 2.34. The Morgan fingerprint density at radius 2 is 2.00 bits per heavy atom. The Kier molecular flexibility index (Phi) is 6.20. The molecule has 7 heteroatoms. The molecule has 0 aliphatic rings. The van der Waals surface area contributed by atoms with Gasteiger partial charge in [0.2, 0.25) is 5.95 Å². The van der Waals surface area contributed by atoms with E-state index < -0.39 is 0 Å². The predicted octanol–water partition coefficient (Wildman–Crippen LogP) is 4.22. The zero-order valence-corrected chi connectivity index (χ0v) is 15.9. The van der Waals surface area contributed by atoms with Gasteiger partial charge in [0.15, 0.2) is 0 Å².